The molecule has 4 rings (SSSR count). The monoisotopic (exact) mass is 415 g/mol. The van der Waals surface area contributed by atoms with Crippen LogP contribution in [0, 0.1) is 0 Å². The van der Waals surface area contributed by atoms with E-state index in [1.165, 1.54) is 16.2 Å². The fourth-order valence-corrected chi connectivity index (χ4v) is 4.31. The van der Waals surface area contributed by atoms with Crippen LogP contribution in [0.5, 0.6) is 0 Å². The number of halogens is 1. The number of urea groups is 1. The summed E-state index contributed by atoms with van der Waals surface area (Å²) in [4.78, 5) is 31.2. The van der Waals surface area contributed by atoms with Crippen molar-refractivity contribution >= 4 is 49.4 Å². The van der Waals surface area contributed by atoms with E-state index in [0.29, 0.717) is 0 Å². The smallest absolute Gasteiger partial charge is 0.319 e. The van der Waals surface area contributed by atoms with Crippen LogP contribution in [0.4, 0.5) is 4.79 Å². The molecule has 0 unspecified atom stereocenters. The zero-order chi connectivity index (χ0) is 17.6. The summed E-state index contributed by atoms with van der Waals surface area (Å²) in [5.74, 6) is -0.269. The predicted molar refractivity (Wildman–Crippen MR) is 100 cm³/mol. The van der Waals surface area contributed by atoms with Crippen molar-refractivity contribution in [2.75, 3.05) is 0 Å². The number of fused-ring (bicyclic) bond motifs is 1. The van der Waals surface area contributed by atoms with Crippen molar-refractivity contribution in [3.63, 3.8) is 0 Å². The minimum absolute atomic E-state index is 0.174. The maximum absolute atomic E-state index is 13.0. The number of nitrogens with one attached hydrogen (secondary N) is 1. The number of rotatable bonds is 3. The van der Waals surface area contributed by atoms with Gasteiger partial charge in [-0.15, -0.1) is 11.3 Å². The first-order valence-corrected chi connectivity index (χ1v) is 9.33. The number of hydrogen-bond donors (Lipinski definition) is 1. The van der Waals surface area contributed by atoms with Gasteiger partial charge in [-0.05, 0) is 36.8 Å². The topological polar surface area (TPSA) is 62.3 Å². The number of hydrogen-bond acceptors (Lipinski definition) is 4. The van der Waals surface area contributed by atoms with Gasteiger partial charge in [-0.1, -0.05) is 40.2 Å². The highest BCUT2D eigenvalue weighted by Gasteiger charge is 2.49. The number of imide groups is 1. The van der Waals surface area contributed by atoms with Gasteiger partial charge in [-0.3, -0.25) is 9.69 Å². The lowest BCUT2D eigenvalue weighted by Crippen LogP contribution is -2.40. The largest absolute Gasteiger partial charge is 0.325 e. The zero-order valence-corrected chi connectivity index (χ0v) is 15.7. The Morgan fingerprint density at radius 1 is 1.20 bits per heavy atom. The number of thiazole rings is 1. The third kappa shape index (κ3) is 2.73. The SMILES string of the molecule is C[C@]1(c2cccc(Br)c2)NC(=O)N(Cc2nc3ccccc3s2)C1=O. The molecule has 0 radical (unpaired) electrons. The lowest BCUT2D eigenvalue weighted by atomic mass is 9.92. The van der Waals surface area contributed by atoms with Gasteiger partial charge in [0, 0.05) is 4.47 Å². The van der Waals surface area contributed by atoms with Crippen molar-refractivity contribution in [2.24, 2.45) is 0 Å². The highest BCUT2D eigenvalue weighted by molar-refractivity contribution is 9.10. The van der Waals surface area contributed by atoms with E-state index in [9.17, 15) is 9.59 Å². The molecule has 1 aliphatic heterocycles. The van der Waals surface area contributed by atoms with Crippen LogP contribution in [0.2, 0.25) is 0 Å². The molecule has 0 aliphatic carbocycles. The fourth-order valence-electron chi connectivity index (χ4n) is 2.96. The summed E-state index contributed by atoms with van der Waals surface area (Å²) in [6, 6.07) is 14.8. The molecule has 0 saturated carbocycles. The molecule has 0 bridgehead atoms. The van der Waals surface area contributed by atoms with Gasteiger partial charge >= 0.3 is 6.03 Å². The maximum atomic E-state index is 13.0. The van der Waals surface area contributed by atoms with Crippen molar-refractivity contribution in [1.29, 1.82) is 0 Å². The van der Waals surface area contributed by atoms with Crippen LogP contribution in [-0.4, -0.2) is 21.8 Å². The Kier molecular flexibility index (Phi) is 3.85. The van der Waals surface area contributed by atoms with Gasteiger partial charge in [0.1, 0.15) is 10.5 Å². The van der Waals surface area contributed by atoms with E-state index in [-0.39, 0.29) is 12.5 Å². The second kappa shape index (κ2) is 5.93. The molecular weight excluding hydrogens is 402 g/mol. The summed E-state index contributed by atoms with van der Waals surface area (Å²) in [5, 5.41) is 3.56. The van der Waals surface area contributed by atoms with Crippen molar-refractivity contribution in [3.05, 3.63) is 63.6 Å². The Morgan fingerprint density at radius 3 is 2.76 bits per heavy atom. The van der Waals surface area contributed by atoms with Gasteiger partial charge in [0.15, 0.2) is 0 Å². The molecule has 7 heteroatoms. The Hall–Kier alpha value is -2.25. The van der Waals surface area contributed by atoms with E-state index in [0.717, 1.165) is 25.3 Å². The first kappa shape index (κ1) is 16.2. The lowest BCUT2D eigenvalue weighted by molar-refractivity contribution is -0.131. The Bertz CT molecular complexity index is 970. The first-order valence-electron chi connectivity index (χ1n) is 7.72. The van der Waals surface area contributed by atoms with Gasteiger partial charge in [-0.2, -0.15) is 0 Å². The Morgan fingerprint density at radius 2 is 2.00 bits per heavy atom. The van der Waals surface area contributed by atoms with Crippen molar-refractivity contribution < 1.29 is 9.59 Å². The minimum atomic E-state index is -1.07. The first-order chi connectivity index (χ1) is 12.0. The average Bonchev–Trinajstić information content (AvgIpc) is 3.09. The third-order valence-corrected chi connectivity index (χ3v) is 5.82. The van der Waals surface area contributed by atoms with Gasteiger partial charge in [-0.25, -0.2) is 9.78 Å². The molecular formula is C18H14BrN3O2S. The quantitative estimate of drug-likeness (QED) is 0.656. The molecule has 5 nitrogen and oxygen atoms in total. The normalized spacial score (nSPS) is 20.3. The summed E-state index contributed by atoms with van der Waals surface area (Å²) in [6.45, 7) is 1.90. The van der Waals surface area contributed by atoms with Gasteiger partial charge in [0.2, 0.25) is 0 Å². The van der Waals surface area contributed by atoms with Gasteiger partial charge < -0.3 is 5.32 Å². The van der Waals surface area contributed by atoms with Crippen LogP contribution in [0.25, 0.3) is 10.2 Å². The van der Waals surface area contributed by atoms with Gasteiger partial charge in [0.05, 0.1) is 16.8 Å². The number of benzene rings is 2. The van der Waals surface area contributed by atoms with E-state index in [2.05, 4.69) is 26.2 Å². The molecule has 126 valence electrons. The average molecular weight is 416 g/mol. The molecule has 2 heterocycles. The number of amides is 3. The third-order valence-electron chi connectivity index (χ3n) is 4.31. The molecule has 3 aromatic rings. The van der Waals surface area contributed by atoms with Gasteiger partial charge in [0.25, 0.3) is 5.91 Å². The van der Waals surface area contributed by atoms with E-state index in [4.69, 9.17) is 0 Å². The predicted octanol–water partition coefficient (Wildman–Crippen LogP) is 4.03. The van der Waals surface area contributed by atoms with Crippen LogP contribution in [0.15, 0.2) is 53.0 Å². The summed E-state index contributed by atoms with van der Waals surface area (Å²) < 4.78 is 1.90. The molecule has 1 aliphatic rings. The Labute approximate surface area is 156 Å². The summed E-state index contributed by atoms with van der Waals surface area (Å²) in [6.07, 6.45) is 0. The molecule has 1 saturated heterocycles. The number of para-hydroxylation sites is 1. The number of carbonyl (C=O) groups is 2. The highest BCUT2D eigenvalue weighted by atomic mass is 79.9. The molecule has 2 aromatic carbocycles. The lowest BCUT2D eigenvalue weighted by Gasteiger charge is -2.22. The standard InChI is InChI=1S/C18H14BrN3O2S/c1-18(11-5-4-6-12(19)9-11)16(23)22(17(24)21-18)10-15-20-13-7-2-3-8-14(13)25-15/h2-9H,10H2,1H3,(H,21,24)/t18-/m1/s1. The van der Waals surface area contributed by atoms with Crippen LogP contribution >= 0.6 is 27.3 Å². The fraction of sp³-hybridized carbons (Fsp3) is 0.167. The van der Waals surface area contributed by atoms with Crippen molar-refractivity contribution in [3.8, 4) is 0 Å². The molecule has 25 heavy (non-hydrogen) atoms. The van der Waals surface area contributed by atoms with Crippen LogP contribution in [0.1, 0.15) is 17.5 Å². The molecule has 1 atom stereocenters. The number of nitrogens with zero attached hydrogens (tertiary/aromatic N) is 2. The van der Waals surface area contributed by atoms with E-state index < -0.39 is 11.6 Å². The number of aromatic nitrogens is 1. The molecule has 1 aromatic heterocycles. The van der Waals surface area contributed by atoms with E-state index in [1.807, 2.05) is 48.5 Å². The van der Waals surface area contributed by atoms with Crippen molar-refractivity contribution in [2.45, 2.75) is 19.0 Å². The molecule has 1 fully saturated rings. The molecule has 3 amide bonds. The zero-order valence-electron chi connectivity index (χ0n) is 13.3. The van der Waals surface area contributed by atoms with Crippen LogP contribution in [0.3, 0.4) is 0 Å². The van der Waals surface area contributed by atoms with Crippen LogP contribution < -0.4 is 5.32 Å². The summed E-state index contributed by atoms with van der Waals surface area (Å²) in [7, 11) is 0. The molecule has 1 N–H and O–H groups in total. The molecule has 0 spiro atoms. The number of carbonyl (C=O) groups excluding carboxylic acids is 2. The second-order valence-electron chi connectivity index (χ2n) is 6.03. The summed E-state index contributed by atoms with van der Waals surface area (Å²) in [5.41, 5.74) is 0.550. The summed E-state index contributed by atoms with van der Waals surface area (Å²) >= 11 is 4.91. The van der Waals surface area contributed by atoms with Crippen molar-refractivity contribution in [1.82, 2.24) is 15.2 Å². The van der Waals surface area contributed by atoms with E-state index in [1.54, 1.807) is 6.92 Å². The van der Waals surface area contributed by atoms with E-state index >= 15 is 0 Å². The minimum Gasteiger partial charge on any atom is -0.319 e. The highest BCUT2D eigenvalue weighted by Crippen LogP contribution is 2.32. The Balaban J connectivity index is 1.65. The second-order valence-corrected chi connectivity index (χ2v) is 8.06. The maximum Gasteiger partial charge on any atom is 0.325 e. The van der Waals surface area contributed by atoms with Crippen LogP contribution in [-0.2, 0) is 16.9 Å².